The lowest BCUT2D eigenvalue weighted by atomic mass is 10.2. The highest BCUT2D eigenvalue weighted by molar-refractivity contribution is 6.16. The zero-order valence-corrected chi connectivity index (χ0v) is 6.46. The molecule has 1 N–H and O–H groups in total. The van der Waals surface area contributed by atoms with E-state index in [2.05, 4.69) is 4.74 Å². The third kappa shape index (κ3) is 2.84. The number of carbonyl (C=O) groups is 2. The summed E-state index contributed by atoms with van der Waals surface area (Å²) in [7, 11) is 0. The normalized spacial score (nSPS) is 10.9. The van der Waals surface area contributed by atoms with E-state index in [4.69, 9.17) is 5.11 Å². The number of Topliss-reactive ketones (excluding diaryl/α,β-unsaturated/α-hetero) is 1. The summed E-state index contributed by atoms with van der Waals surface area (Å²) in [5.74, 6) is -1.30. The largest absolute Gasteiger partial charge is 0.515 e. The van der Waals surface area contributed by atoms with Crippen LogP contribution in [0.4, 0.5) is 0 Å². The Balaban J connectivity index is 4.29. The van der Waals surface area contributed by atoms with Gasteiger partial charge in [-0.1, -0.05) is 0 Å². The van der Waals surface area contributed by atoms with Crippen molar-refractivity contribution in [1.29, 1.82) is 0 Å². The van der Waals surface area contributed by atoms with Gasteiger partial charge in [0.2, 0.25) is 0 Å². The van der Waals surface area contributed by atoms with Gasteiger partial charge in [0.05, 0.1) is 12.9 Å². The molecule has 0 aliphatic rings. The predicted octanol–water partition coefficient (Wildman–Crippen LogP) is 0.580. The first-order valence-electron chi connectivity index (χ1n) is 3.16. The number of hydrogen-bond acceptors (Lipinski definition) is 4. The second kappa shape index (κ2) is 4.49. The number of ketones is 1. The molecule has 11 heavy (non-hydrogen) atoms. The molecule has 0 aliphatic heterocycles. The number of hydrogen-bond donors (Lipinski definition) is 1. The topological polar surface area (TPSA) is 63.6 Å². The van der Waals surface area contributed by atoms with Crippen molar-refractivity contribution in [3.8, 4) is 0 Å². The smallest absolute Gasteiger partial charge is 0.344 e. The van der Waals surface area contributed by atoms with Crippen LogP contribution in [-0.4, -0.2) is 23.5 Å². The van der Waals surface area contributed by atoms with Gasteiger partial charge in [-0.15, -0.1) is 0 Å². The first kappa shape index (κ1) is 9.68. The van der Waals surface area contributed by atoms with Crippen LogP contribution in [0.25, 0.3) is 0 Å². The second-order valence-corrected chi connectivity index (χ2v) is 1.82. The van der Waals surface area contributed by atoms with Gasteiger partial charge in [0, 0.05) is 0 Å². The Morgan fingerprint density at radius 2 is 2.09 bits per heavy atom. The van der Waals surface area contributed by atoms with Gasteiger partial charge in [0.25, 0.3) is 0 Å². The highest BCUT2D eigenvalue weighted by atomic mass is 16.5. The van der Waals surface area contributed by atoms with Crippen molar-refractivity contribution in [3.05, 3.63) is 11.8 Å². The van der Waals surface area contributed by atoms with Gasteiger partial charge < -0.3 is 9.84 Å². The maximum atomic E-state index is 10.7. The number of carbonyl (C=O) groups excluding carboxylic acids is 2. The minimum absolute atomic E-state index is 0.184. The molecule has 0 saturated carbocycles. The van der Waals surface area contributed by atoms with E-state index >= 15 is 0 Å². The van der Waals surface area contributed by atoms with E-state index in [0.29, 0.717) is 6.26 Å². The van der Waals surface area contributed by atoms with E-state index in [0.717, 1.165) is 0 Å². The standard InChI is InChI=1S/C7H10O4/c1-3-11-7(10)6(4-8)5(2)9/h4,8H,3H2,1-2H3/b6-4-. The summed E-state index contributed by atoms with van der Waals surface area (Å²) < 4.78 is 4.47. The molecular formula is C7H10O4. The molecule has 0 aromatic heterocycles. The third-order valence-corrected chi connectivity index (χ3v) is 1.00. The first-order valence-corrected chi connectivity index (χ1v) is 3.16. The molecule has 0 aromatic carbocycles. The Hall–Kier alpha value is -1.32. The van der Waals surface area contributed by atoms with Gasteiger partial charge >= 0.3 is 5.97 Å². The van der Waals surface area contributed by atoms with Crippen LogP contribution in [0.1, 0.15) is 13.8 Å². The number of aliphatic hydroxyl groups is 1. The van der Waals surface area contributed by atoms with Crippen LogP contribution in [0.3, 0.4) is 0 Å². The van der Waals surface area contributed by atoms with Crippen LogP contribution in [0, 0.1) is 0 Å². The zero-order valence-electron chi connectivity index (χ0n) is 6.46. The molecule has 0 radical (unpaired) electrons. The monoisotopic (exact) mass is 158 g/mol. The van der Waals surface area contributed by atoms with Crippen LogP contribution >= 0.6 is 0 Å². The zero-order chi connectivity index (χ0) is 8.85. The number of rotatable bonds is 3. The van der Waals surface area contributed by atoms with Gasteiger partial charge in [-0.25, -0.2) is 4.79 Å². The van der Waals surface area contributed by atoms with Crippen LogP contribution in [0.15, 0.2) is 11.8 Å². The van der Waals surface area contributed by atoms with Crippen molar-refractivity contribution in [3.63, 3.8) is 0 Å². The first-order chi connectivity index (χ1) is 5.13. The van der Waals surface area contributed by atoms with Crippen molar-refractivity contribution < 1.29 is 19.4 Å². The molecule has 0 aliphatic carbocycles. The summed E-state index contributed by atoms with van der Waals surface area (Å²) in [6.07, 6.45) is 0.459. The van der Waals surface area contributed by atoms with Crippen molar-refractivity contribution in [2.24, 2.45) is 0 Å². The van der Waals surface area contributed by atoms with Crippen molar-refractivity contribution in [2.75, 3.05) is 6.61 Å². The lowest BCUT2D eigenvalue weighted by molar-refractivity contribution is -0.139. The Morgan fingerprint density at radius 3 is 2.36 bits per heavy atom. The summed E-state index contributed by atoms with van der Waals surface area (Å²) in [5.41, 5.74) is -0.327. The molecular weight excluding hydrogens is 148 g/mol. The molecule has 0 heterocycles. The fraction of sp³-hybridized carbons (Fsp3) is 0.429. The Bertz CT molecular complexity index is 193. The predicted molar refractivity (Wildman–Crippen MR) is 38.0 cm³/mol. The molecule has 0 atom stereocenters. The van der Waals surface area contributed by atoms with Gasteiger partial charge in [0.1, 0.15) is 5.57 Å². The van der Waals surface area contributed by atoms with Crippen molar-refractivity contribution >= 4 is 11.8 Å². The average molecular weight is 158 g/mol. The van der Waals surface area contributed by atoms with E-state index in [1.165, 1.54) is 6.92 Å². The van der Waals surface area contributed by atoms with Gasteiger partial charge in [0.15, 0.2) is 5.78 Å². The van der Waals surface area contributed by atoms with Crippen LogP contribution in [0.5, 0.6) is 0 Å². The average Bonchev–Trinajstić information content (AvgIpc) is 1.88. The Morgan fingerprint density at radius 1 is 1.55 bits per heavy atom. The minimum Gasteiger partial charge on any atom is -0.515 e. The number of esters is 1. The molecule has 0 saturated heterocycles. The summed E-state index contributed by atoms with van der Waals surface area (Å²) in [5, 5.41) is 8.41. The maximum Gasteiger partial charge on any atom is 0.344 e. The Labute approximate surface area is 64.5 Å². The summed E-state index contributed by atoms with van der Waals surface area (Å²) >= 11 is 0. The van der Waals surface area contributed by atoms with E-state index in [9.17, 15) is 9.59 Å². The molecule has 0 amide bonds. The van der Waals surface area contributed by atoms with Gasteiger partial charge in [-0.05, 0) is 13.8 Å². The highest BCUT2D eigenvalue weighted by Gasteiger charge is 2.14. The molecule has 0 spiro atoms. The second-order valence-electron chi connectivity index (χ2n) is 1.82. The fourth-order valence-electron chi connectivity index (χ4n) is 0.496. The quantitative estimate of drug-likeness (QED) is 0.214. The molecule has 0 bridgehead atoms. The highest BCUT2D eigenvalue weighted by Crippen LogP contribution is 1.97. The van der Waals surface area contributed by atoms with E-state index < -0.39 is 11.8 Å². The fourth-order valence-corrected chi connectivity index (χ4v) is 0.496. The lowest BCUT2D eigenvalue weighted by Gasteiger charge is -2.00. The third-order valence-electron chi connectivity index (χ3n) is 1.00. The molecule has 62 valence electrons. The Kier molecular flexibility index (Phi) is 3.95. The molecule has 0 unspecified atom stereocenters. The van der Waals surface area contributed by atoms with E-state index in [1.54, 1.807) is 6.92 Å². The molecule has 0 rings (SSSR count). The minimum atomic E-state index is -0.789. The molecule has 0 aromatic rings. The van der Waals surface area contributed by atoms with Gasteiger partial charge in [-0.2, -0.15) is 0 Å². The summed E-state index contributed by atoms with van der Waals surface area (Å²) in [6, 6.07) is 0. The lowest BCUT2D eigenvalue weighted by Crippen LogP contribution is -2.13. The van der Waals surface area contributed by atoms with Gasteiger partial charge in [-0.3, -0.25) is 4.79 Å². The van der Waals surface area contributed by atoms with Crippen molar-refractivity contribution in [2.45, 2.75) is 13.8 Å². The maximum absolute atomic E-state index is 10.7. The van der Waals surface area contributed by atoms with Crippen LogP contribution in [0.2, 0.25) is 0 Å². The van der Waals surface area contributed by atoms with Crippen LogP contribution < -0.4 is 0 Å². The SMILES string of the molecule is CCOC(=O)/C(=C\O)C(C)=O. The molecule has 4 nitrogen and oxygen atoms in total. The summed E-state index contributed by atoms with van der Waals surface area (Å²) in [6.45, 7) is 2.98. The number of aliphatic hydroxyl groups excluding tert-OH is 1. The van der Waals surface area contributed by atoms with Crippen molar-refractivity contribution in [1.82, 2.24) is 0 Å². The summed E-state index contributed by atoms with van der Waals surface area (Å²) in [4.78, 5) is 21.3. The van der Waals surface area contributed by atoms with Crippen LogP contribution in [-0.2, 0) is 14.3 Å². The molecule has 4 heteroatoms. The van der Waals surface area contributed by atoms with E-state index in [-0.39, 0.29) is 12.2 Å². The number of ether oxygens (including phenoxy) is 1. The van der Waals surface area contributed by atoms with E-state index in [1.807, 2.05) is 0 Å². The molecule has 0 fully saturated rings.